The third-order valence-electron chi connectivity index (χ3n) is 5.20. The van der Waals surface area contributed by atoms with Crippen molar-refractivity contribution >= 4 is 40.7 Å². The molecule has 0 spiro atoms. The van der Waals surface area contributed by atoms with Gasteiger partial charge in [-0.25, -0.2) is 0 Å². The predicted octanol–water partition coefficient (Wildman–Crippen LogP) is 4.17. The minimum absolute atomic E-state index is 0.0486. The Bertz CT molecular complexity index is 974. The van der Waals surface area contributed by atoms with Crippen LogP contribution < -0.4 is 15.5 Å². The number of anilines is 2. The van der Waals surface area contributed by atoms with Gasteiger partial charge in [0.1, 0.15) is 6.04 Å². The Kier molecular flexibility index (Phi) is 6.77. The molecule has 0 saturated carbocycles. The van der Waals surface area contributed by atoms with E-state index in [-0.39, 0.29) is 23.6 Å². The summed E-state index contributed by atoms with van der Waals surface area (Å²) in [5.41, 5.74) is 2.54. The fourth-order valence-electron chi connectivity index (χ4n) is 3.51. The minimum Gasteiger partial charge on any atom is -0.340 e. The van der Waals surface area contributed by atoms with Crippen molar-refractivity contribution in [2.75, 3.05) is 16.8 Å². The Morgan fingerprint density at radius 2 is 1.87 bits per heavy atom. The van der Waals surface area contributed by atoms with Crippen LogP contribution in [0.1, 0.15) is 42.6 Å². The van der Waals surface area contributed by atoms with E-state index in [1.54, 1.807) is 35.2 Å². The van der Waals surface area contributed by atoms with Gasteiger partial charge >= 0.3 is 0 Å². The van der Waals surface area contributed by atoms with Crippen molar-refractivity contribution in [2.24, 2.45) is 5.92 Å². The van der Waals surface area contributed by atoms with Crippen LogP contribution in [0.25, 0.3) is 0 Å². The number of hydrogen-bond donors (Lipinski definition) is 2. The summed E-state index contributed by atoms with van der Waals surface area (Å²) in [6, 6.07) is 11.6. The normalized spacial score (nSPS) is 14.7. The Morgan fingerprint density at radius 1 is 1.13 bits per heavy atom. The molecule has 158 valence electrons. The van der Waals surface area contributed by atoms with Gasteiger partial charge in [0.05, 0.1) is 10.7 Å². The molecule has 1 heterocycles. The largest absolute Gasteiger partial charge is 0.340 e. The molecule has 6 nitrogen and oxygen atoms in total. The van der Waals surface area contributed by atoms with Gasteiger partial charge < -0.3 is 15.5 Å². The van der Waals surface area contributed by atoms with Gasteiger partial charge in [-0.15, -0.1) is 0 Å². The average molecular weight is 428 g/mol. The smallest absolute Gasteiger partial charge is 0.252 e. The van der Waals surface area contributed by atoms with E-state index in [4.69, 9.17) is 11.6 Å². The summed E-state index contributed by atoms with van der Waals surface area (Å²) in [7, 11) is 0. The topological polar surface area (TPSA) is 78.5 Å². The summed E-state index contributed by atoms with van der Waals surface area (Å²) >= 11 is 6.37. The van der Waals surface area contributed by atoms with Crippen molar-refractivity contribution in [1.29, 1.82) is 0 Å². The number of amides is 3. The SMILES string of the molecule is Cc1ccccc1C(=O)N[C@H](C(=O)Nc1ccc(N2CCCC2=O)c(Cl)c1)C(C)C. The second kappa shape index (κ2) is 9.30. The van der Waals surface area contributed by atoms with E-state index in [1.807, 2.05) is 32.9 Å². The summed E-state index contributed by atoms with van der Waals surface area (Å²) in [6.07, 6.45) is 1.33. The average Bonchev–Trinajstić information content (AvgIpc) is 3.11. The van der Waals surface area contributed by atoms with Crippen LogP contribution in [0.3, 0.4) is 0 Å². The van der Waals surface area contributed by atoms with Gasteiger partial charge in [0.15, 0.2) is 0 Å². The standard InChI is InChI=1S/C23H26ClN3O3/c1-14(2)21(26-22(29)17-8-5-4-7-15(17)3)23(30)25-16-10-11-19(18(24)13-16)27-12-6-9-20(27)28/h4-5,7-8,10-11,13-14,21H,6,9,12H2,1-3H3,(H,25,30)(H,26,29)/t21-/m0/s1. The predicted molar refractivity (Wildman–Crippen MR) is 119 cm³/mol. The van der Waals surface area contributed by atoms with Crippen LogP contribution >= 0.6 is 11.6 Å². The van der Waals surface area contributed by atoms with Crippen LogP contribution in [-0.2, 0) is 9.59 Å². The molecule has 0 radical (unpaired) electrons. The molecular weight excluding hydrogens is 402 g/mol. The number of carbonyl (C=O) groups is 3. The summed E-state index contributed by atoms with van der Waals surface area (Å²) < 4.78 is 0. The molecule has 1 aliphatic heterocycles. The molecular formula is C23H26ClN3O3. The van der Waals surface area contributed by atoms with Crippen LogP contribution in [0.2, 0.25) is 5.02 Å². The molecule has 0 bridgehead atoms. The number of rotatable bonds is 6. The lowest BCUT2D eigenvalue weighted by Gasteiger charge is -2.23. The van der Waals surface area contributed by atoms with Crippen LogP contribution in [0.4, 0.5) is 11.4 Å². The maximum Gasteiger partial charge on any atom is 0.252 e. The molecule has 2 N–H and O–H groups in total. The van der Waals surface area contributed by atoms with E-state index in [0.29, 0.717) is 34.9 Å². The lowest BCUT2D eigenvalue weighted by molar-refractivity contribution is -0.119. The molecule has 7 heteroatoms. The van der Waals surface area contributed by atoms with Crippen LogP contribution in [-0.4, -0.2) is 30.3 Å². The van der Waals surface area contributed by atoms with E-state index in [0.717, 1.165) is 12.0 Å². The Labute approximate surface area is 181 Å². The lowest BCUT2D eigenvalue weighted by atomic mass is 10.0. The number of aryl methyl sites for hydroxylation is 1. The number of benzene rings is 2. The molecule has 30 heavy (non-hydrogen) atoms. The fraction of sp³-hybridized carbons (Fsp3) is 0.348. The highest BCUT2D eigenvalue weighted by Gasteiger charge is 2.26. The highest BCUT2D eigenvalue weighted by Crippen LogP contribution is 2.31. The van der Waals surface area contributed by atoms with Gasteiger partial charge in [0, 0.05) is 24.2 Å². The second-order valence-corrected chi connectivity index (χ2v) is 8.22. The Balaban J connectivity index is 1.72. The Morgan fingerprint density at radius 3 is 2.47 bits per heavy atom. The third-order valence-corrected chi connectivity index (χ3v) is 5.51. The van der Waals surface area contributed by atoms with Gasteiger partial charge in [0.25, 0.3) is 5.91 Å². The molecule has 3 amide bonds. The first-order valence-corrected chi connectivity index (χ1v) is 10.4. The quantitative estimate of drug-likeness (QED) is 0.726. The van der Waals surface area contributed by atoms with E-state index >= 15 is 0 Å². The lowest BCUT2D eigenvalue weighted by Crippen LogP contribution is -2.47. The Hall–Kier alpha value is -2.86. The first-order valence-electron chi connectivity index (χ1n) is 10.0. The zero-order chi connectivity index (χ0) is 21.8. The molecule has 2 aromatic rings. The molecule has 0 unspecified atom stereocenters. The molecule has 1 fully saturated rings. The maximum atomic E-state index is 12.9. The molecule has 3 rings (SSSR count). The minimum atomic E-state index is -0.712. The van der Waals surface area contributed by atoms with Crippen LogP contribution in [0.15, 0.2) is 42.5 Å². The molecule has 0 aromatic heterocycles. The third kappa shape index (κ3) is 4.82. The number of nitrogens with zero attached hydrogens (tertiary/aromatic N) is 1. The van der Waals surface area contributed by atoms with Crippen molar-refractivity contribution in [1.82, 2.24) is 5.32 Å². The van der Waals surface area contributed by atoms with Crippen LogP contribution in [0, 0.1) is 12.8 Å². The van der Waals surface area contributed by atoms with Crippen molar-refractivity contribution < 1.29 is 14.4 Å². The number of nitrogens with one attached hydrogen (secondary N) is 2. The number of halogens is 1. The summed E-state index contributed by atoms with van der Waals surface area (Å²) in [6.45, 7) is 6.24. The molecule has 0 aliphatic carbocycles. The summed E-state index contributed by atoms with van der Waals surface area (Å²) in [5, 5.41) is 6.05. The van der Waals surface area contributed by atoms with Gasteiger partial charge in [-0.05, 0) is 49.1 Å². The fourth-order valence-corrected chi connectivity index (χ4v) is 3.79. The highest BCUT2D eigenvalue weighted by atomic mass is 35.5. The maximum absolute atomic E-state index is 12.9. The van der Waals surface area contributed by atoms with Crippen molar-refractivity contribution in [3.8, 4) is 0 Å². The number of hydrogen-bond acceptors (Lipinski definition) is 3. The molecule has 1 saturated heterocycles. The zero-order valence-corrected chi connectivity index (χ0v) is 18.1. The number of carbonyl (C=O) groups excluding carboxylic acids is 3. The second-order valence-electron chi connectivity index (χ2n) is 7.81. The first kappa shape index (κ1) is 21.8. The molecule has 1 aliphatic rings. The van der Waals surface area contributed by atoms with Gasteiger partial charge in [-0.1, -0.05) is 43.6 Å². The summed E-state index contributed by atoms with van der Waals surface area (Å²) in [4.78, 5) is 39.2. The van der Waals surface area contributed by atoms with E-state index in [1.165, 1.54) is 0 Å². The molecule has 1 atom stereocenters. The highest BCUT2D eigenvalue weighted by molar-refractivity contribution is 6.34. The van der Waals surface area contributed by atoms with Crippen molar-refractivity contribution in [3.05, 3.63) is 58.6 Å². The van der Waals surface area contributed by atoms with E-state index in [2.05, 4.69) is 10.6 Å². The van der Waals surface area contributed by atoms with Gasteiger partial charge in [-0.3, -0.25) is 14.4 Å². The van der Waals surface area contributed by atoms with Gasteiger partial charge in [-0.2, -0.15) is 0 Å². The van der Waals surface area contributed by atoms with Crippen molar-refractivity contribution in [2.45, 2.75) is 39.7 Å². The van der Waals surface area contributed by atoms with E-state index in [9.17, 15) is 14.4 Å². The zero-order valence-electron chi connectivity index (χ0n) is 17.4. The molecule has 2 aromatic carbocycles. The van der Waals surface area contributed by atoms with Crippen molar-refractivity contribution in [3.63, 3.8) is 0 Å². The van der Waals surface area contributed by atoms with Crippen LogP contribution in [0.5, 0.6) is 0 Å². The van der Waals surface area contributed by atoms with E-state index < -0.39 is 6.04 Å². The first-order chi connectivity index (χ1) is 14.3. The monoisotopic (exact) mass is 427 g/mol. The summed E-state index contributed by atoms with van der Waals surface area (Å²) in [5.74, 6) is -0.682. The van der Waals surface area contributed by atoms with Gasteiger partial charge in [0.2, 0.25) is 11.8 Å².